The Hall–Kier alpha value is -2.75. The first-order valence-electron chi connectivity index (χ1n) is 12.6. The van der Waals surface area contributed by atoms with Crippen LogP contribution in [0.15, 0.2) is 84.5 Å². The average molecular weight is 718 g/mol. The quantitative estimate of drug-likeness (QED) is 0.116. The van der Waals surface area contributed by atoms with Crippen molar-refractivity contribution in [3.05, 3.63) is 107 Å². The third-order valence-corrected chi connectivity index (χ3v) is 7.60. The van der Waals surface area contributed by atoms with Crippen molar-refractivity contribution < 1.29 is 9.47 Å². The van der Waals surface area contributed by atoms with E-state index in [-0.39, 0.29) is 5.56 Å². The summed E-state index contributed by atoms with van der Waals surface area (Å²) in [5, 5.41) is 5.09. The fraction of sp³-hybridized carbons (Fsp3) is 0.233. The van der Waals surface area contributed by atoms with E-state index in [2.05, 4.69) is 59.5 Å². The van der Waals surface area contributed by atoms with Gasteiger partial charge in [0.1, 0.15) is 12.4 Å². The molecule has 39 heavy (non-hydrogen) atoms. The van der Waals surface area contributed by atoms with E-state index in [0.29, 0.717) is 54.3 Å². The van der Waals surface area contributed by atoms with Gasteiger partial charge in [-0.05, 0) is 67.8 Å². The summed E-state index contributed by atoms with van der Waals surface area (Å²) < 4.78 is 16.4. The lowest BCUT2D eigenvalue weighted by atomic mass is 10.1. The molecule has 3 aromatic carbocycles. The third-order valence-electron chi connectivity index (χ3n) is 5.88. The lowest BCUT2D eigenvalue weighted by Crippen LogP contribution is -2.22. The first-order valence-corrected chi connectivity index (χ1v) is 14.9. The van der Waals surface area contributed by atoms with Gasteiger partial charge in [0, 0.05) is 31.0 Å². The molecule has 0 spiro atoms. The monoisotopic (exact) mass is 715 g/mol. The van der Waals surface area contributed by atoms with Crippen LogP contribution in [0.5, 0.6) is 11.5 Å². The number of aryl methyl sites for hydroxylation is 1. The number of fused-ring (bicyclic) bond motifs is 1. The summed E-state index contributed by atoms with van der Waals surface area (Å²) in [5.41, 5.74) is 3.14. The summed E-state index contributed by atoms with van der Waals surface area (Å²) in [6.45, 7) is 8.72. The molecule has 0 unspecified atom stereocenters. The first-order chi connectivity index (χ1) is 18.8. The van der Waals surface area contributed by atoms with Gasteiger partial charge in [0.25, 0.3) is 5.56 Å². The molecule has 0 radical (unpaired) electrons. The van der Waals surface area contributed by atoms with Gasteiger partial charge < -0.3 is 9.47 Å². The minimum atomic E-state index is -0.211. The third kappa shape index (κ3) is 7.07. The number of nitrogens with zero attached hydrogens (tertiary/aromatic N) is 3. The summed E-state index contributed by atoms with van der Waals surface area (Å²) in [6, 6.07) is 15.3. The van der Waals surface area contributed by atoms with E-state index in [1.165, 1.54) is 4.68 Å². The van der Waals surface area contributed by atoms with Crippen molar-refractivity contribution in [2.45, 2.75) is 39.7 Å². The highest BCUT2D eigenvalue weighted by Crippen LogP contribution is 2.35. The fourth-order valence-corrected chi connectivity index (χ4v) is 5.63. The molecule has 4 aromatic rings. The molecular weight excluding hydrogens is 690 g/mol. The van der Waals surface area contributed by atoms with E-state index in [9.17, 15) is 4.79 Å². The summed E-state index contributed by atoms with van der Waals surface area (Å²) >= 11 is 10.5. The Morgan fingerprint density at radius 3 is 2.49 bits per heavy atom. The zero-order valence-electron chi connectivity index (χ0n) is 21.7. The highest BCUT2D eigenvalue weighted by Gasteiger charge is 2.15. The molecule has 4 rings (SSSR count). The molecule has 202 valence electrons. The second-order valence-electron chi connectivity index (χ2n) is 8.76. The summed E-state index contributed by atoms with van der Waals surface area (Å²) in [4.78, 5) is 18.1. The number of ether oxygens (including phenoxy) is 2. The van der Waals surface area contributed by atoms with Gasteiger partial charge in [0.05, 0.1) is 23.7 Å². The number of halogens is 3. The van der Waals surface area contributed by atoms with Crippen molar-refractivity contribution in [2.24, 2.45) is 5.10 Å². The molecular formula is C30H28Br3N3O3. The van der Waals surface area contributed by atoms with Crippen molar-refractivity contribution >= 4 is 64.9 Å². The Balaban J connectivity index is 1.74. The molecule has 0 saturated carbocycles. The highest BCUT2D eigenvalue weighted by molar-refractivity contribution is 9.11. The molecule has 0 fully saturated rings. The van der Waals surface area contributed by atoms with Gasteiger partial charge in [0.2, 0.25) is 0 Å². The van der Waals surface area contributed by atoms with Crippen molar-refractivity contribution in [1.29, 1.82) is 0 Å². The molecule has 6 nitrogen and oxygen atoms in total. The Kier molecular flexibility index (Phi) is 10.2. The molecule has 1 aromatic heterocycles. The van der Waals surface area contributed by atoms with Crippen LogP contribution in [0.1, 0.15) is 42.8 Å². The second-order valence-corrected chi connectivity index (χ2v) is 11.4. The van der Waals surface area contributed by atoms with Crippen LogP contribution in [0.2, 0.25) is 0 Å². The largest absolute Gasteiger partial charge is 0.490 e. The maximum Gasteiger partial charge on any atom is 0.282 e. The number of rotatable bonds is 11. The molecule has 0 aliphatic carbocycles. The Morgan fingerprint density at radius 2 is 1.77 bits per heavy atom. The zero-order chi connectivity index (χ0) is 27.9. The minimum Gasteiger partial charge on any atom is -0.490 e. The number of aromatic nitrogens is 2. The first kappa shape index (κ1) is 29.2. The van der Waals surface area contributed by atoms with Crippen molar-refractivity contribution in [3.63, 3.8) is 0 Å². The van der Waals surface area contributed by atoms with Gasteiger partial charge in [-0.3, -0.25) is 4.79 Å². The van der Waals surface area contributed by atoms with Crippen molar-refractivity contribution in [1.82, 2.24) is 9.66 Å². The maximum atomic E-state index is 13.4. The van der Waals surface area contributed by atoms with Gasteiger partial charge in [-0.25, -0.2) is 4.98 Å². The molecule has 0 saturated heterocycles. The average Bonchev–Trinajstić information content (AvgIpc) is 2.90. The van der Waals surface area contributed by atoms with Crippen LogP contribution >= 0.6 is 47.8 Å². The van der Waals surface area contributed by atoms with Gasteiger partial charge in [-0.1, -0.05) is 66.9 Å². The van der Waals surface area contributed by atoms with Crippen molar-refractivity contribution in [3.8, 4) is 11.5 Å². The summed E-state index contributed by atoms with van der Waals surface area (Å²) in [5.74, 6) is 1.88. The number of benzene rings is 3. The zero-order valence-corrected chi connectivity index (χ0v) is 26.5. The number of hydrogen-bond acceptors (Lipinski definition) is 5. The van der Waals surface area contributed by atoms with E-state index < -0.39 is 0 Å². The number of hydrogen-bond donors (Lipinski definition) is 0. The van der Waals surface area contributed by atoms with Crippen LogP contribution in [0.3, 0.4) is 0 Å². The molecule has 0 atom stereocenters. The van der Waals surface area contributed by atoms with E-state index >= 15 is 0 Å². The topological polar surface area (TPSA) is 65.7 Å². The SMILES string of the molecule is C=CCc1cc(C=Nn2c(CCC)nc3ccc(Br)cc3c2=O)cc(OCC)c1OCc1ccc(Br)cc1Br. The molecule has 0 amide bonds. The minimum absolute atomic E-state index is 0.211. The fourth-order valence-electron chi connectivity index (χ4n) is 4.10. The number of allylic oxidation sites excluding steroid dienone is 1. The van der Waals surface area contributed by atoms with E-state index in [1.807, 2.05) is 62.4 Å². The van der Waals surface area contributed by atoms with Gasteiger partial charge in [0.15, 0.2) is 11.5 Å². The summed E-state index contributed by atoms with van der Waals surface area (Å²) in [7, 11) is 0. The molecule has 1 heterocycles. The normalized spacial score (nSPS) is 11.3. The Morgan fingerprint density at radius 1 is 1.00 bits per heavy atom. The molecule has 0 bridgehead atoms. The highest BCUT2D eigenvalue weighted by atomic mass is 79.9. The predicted molar refractivity (Wildman–Crippen MR) is 168 cm³/mol. The van der Waals surface area contributed by atoms with E-state index in [1.54, 1.807) is 12.3 Å². The van der Waals surface area contributed by atoms with E-state index in [0.717, 1.165) is 36.5 Å². The van der Waals surface area contributed by atoms with Crippen LogP contribution in [-0.2, 0) is 19.4 Å². The Labute approximate surface area is 253 Å². The van der Waals surface area contributed by atoms with Gasteiger partial charge >= 0.3 is 0 Å². The standard InChI is InChI=1S/C30H28Br3N3O3/c1-4-7-20-13-19(14-27(38-6-3)29(20)39-18-21-9-10-23(32)16-25(21)33)17-34-36-28(8-5-2)35-26-12-11-22(31)15-24(26)30(36)37/h4,9-17H,1,5-8,18H2,2-3H3. The molecule has 0 aliphatic heterocycles. The van der Waals surface area contributed by atoms with E-state index in [4.69, 9.17) is 14.5 Å². The Bertz CT molecular complexity index is 1600. The van der Waals surface area contributed by atoms with Crippen LogP contribution in [0, 0.1) is 0 Å². The molecule has 0 aliphatic rings. The van der Waals surface area contributed by atoms with Gasteiger partial charge in [-0.15, -0.1) is 6.58 Å². The maximum absolute atomic E-state index is 13.4. The van der Waals surface area contributed by atoms with Crippen LogP contribution in [-0.4, -0.2) is 22.5 Å². The summed E-state index contributed by atoms with van der Waals surface area (Å²) in [6.07, 6.45) is 5.52. The van der Waals surface area contributed by atoms with Crippen LogP contribution in [0.4, 0.5) is 0 Å². The van der Waals surface area contributed by atoms with Crippen LogP contribution in [0.25, 0.3) is 10.9 Å². The molecule has 9 heteroatoms. The van der Waals surface area contributed by atoms with Gasteiger partial charge in [-0.2, -0.15) is 9.78 Å². The van der Waals surface area contributed by atoms with Crippen molar-refractivity contribution in [2.75, 3.05) is 6.61 Å². The predicted octanol–water partition coefficient (Wildman–Crippen LogP) is 8.22. The lowest BCUT2D eigenvalue weighted by Gasteiger charge is -2.17. The lowest BCUT2D eigenvalue weighted by molar-refractivity contribution is 0.266. The smallest absolute Gasteiger partial charge is 0.282 e. The van der Waals surface area contributed by atoms with Crippen LogP contribution < -0.4 is 15.0 Å². The molecule has 0 N–H and O–H groups in total. The second kappa shape index (κ2) is 13.5.